The van der Waals surface area contributed by atoms with Gasteiger partial charge in [-0.1, -0.05) is 103 Å². The van der Waals surface area contributed by atoms with Gasteiger partial charge in [-0.25, -0.2) is 8.78 Å². The summed E-state index contributed by atoms with van der Waals surface area (Å²) >= 11 is 0. The summed E-state index contributed by atoms with van der Waals surface area (Å²) in [5, 5.41) is 4.00. The van der Waals surface area contributed by atoms with Crippen molar-refractivity contribution in [3.8, 4) is 45.1 Å². The van der Waals surface area contributed by atoms with Crippen molar-refractivity contribution in [2.45, 2.75) is 0 Å². The van der Waals surface area contributed by atoms with Gasteiger partial charge in [-0.15, -0.1) is 48.0 Å². The Bertz CT molecular complexity index is 3450. The summed E-state index contributed by atoms with van der Waals surface area (Å²) in [5.74, 6) is -1.18. The Labute approximate surface area is 367 Å². The van der Waals surface area contributed by atoms with Crippen molar-refractivity contribution < 1.29 is 33.3 Å². The van der Waals surface area contributed by atoms with Crippen LogP contribution < -0.4 is 0 Å². The average Bonchev–Trinajstić information content (AvgIpc) is 4.00. The molecule has 0 unspecified atom stereocenters. The smallest absolute Gasteiger partial charge is 0.150 e. The second-order valence-electron chi connectivity index (χ2n) is 14.5. The molecule has 0 saturated heterocycles. The molecule has 0 atom stereocenters. The number of fused-ring (bicyclic) bond motifs is 7. The second kappa shape index (κ2) is 16.1. The molecular formula is C53H31F2IrN5O-2. The van der Waals surface area contributed by atoms with E-state index in [4.69, 9.17) is 9.40 Å². The molecule has 5 heterocycles. The summed E-state index contributed by atoms with van der Waals surface area (Å²) < 4.78 is 42.9. The van der Waals surface area contributed by atoms with E-state index in [1.807, 2.05) is 127 Å². The Balaban J connectivity index is 0.000000305. The van der Waals surface area contributed by atoms with E-state index in [9.17, 15) is 0 Å². The van der Waals surface area contributed by atoms with Gasteiger partial charge in [-0.2, -0.15) is 0 Å². The first-order chi connectivity index (χ1) is 30.1. The molecule has 0 fully saturated rings. The number of pyridine rings is 2. The third kappa shape index (κ3) is 6.55. The Morgan fingerprint density at radius 1 is 0.581 bits per heavy atom. The predicted octanol–water partition coefficient (Wildman–Crippen LogP) is 13.4. The van der Waals surface area contributed by atoms with Crippen LogP contribution in [0.2, 0.25) is 0 Å². The van der Waals surface area contributed by atoms with Gasteiger partial charge in [0.15, 0.2) is 0 Å². The monoisotopic (exact) mass is 984 g/mol. The first-order valence-electron chi connectivity index (χ1n) is 19.7. The van der Waals surface area contributed by atoms with E-state index in [1.54, 1.807) is 24.7 Å². The number of aromatic nitrogens is 5. The fraction of sp³-hybridized carbons (Fsp3) is 0. The van der Waals surface area contributed by atoms with Gasteiger partial charge in [0, 0.05) is 59.7 Å². The van der Waals surface area contributed by atoms with E-state index in [-0.39, 0.29) is 31.6 Å². The minimum atomic E-state index is -0.731. The molecule has 0 aliphatic carbocycles. The third-order valence-electron chi connectivity index (χ3n) is 10.9. The second-order valence-corrected chi connectivity index (χ2v) is 14.5. The molecule has 7 aromatic carbocycles. The molecule has 6 nitrogen and oxygen atoms in total. The summed E-state index contributed by atoms with van der Waals surface area (Å²) in [5.41, 5.74) is 8.48. The molecule has 0 spiro atoms. The maximum Gasteiger partial charge on any atom is 0.150 e. The number of halogens is 2. The van der Waals surface area contributed by atoms with Gasteiger partial charge in [-0.05, 0) is 70.4 Å². The van der Waals surface area contributed by atoms with E-state index in [2.05, 4.69) is 50.9 Å². The number of nitrogens with zero attached hydrogens (tertiary/aromatic N) is 5. The van der Waals surface area contributed by atoms with Crippen LogP contribution in [0.3, 0.4) is 0 Å². The molecular weight excluding hydrogens is 953 g/mol. The van der Waals surface area contributed by atoms with Gasteiger partial charge in [0.05, 0.1) is 28.6 Å². The van der Waals surface area contributed by atoms with Gasteiger partial charge >= 0.3 is 0 Å². The summed E-state index contributed by atoms with van der Waals surface area (Å²) in [6.07, 6.45) is 4.97. The Morgan fingerprint density at radius 2 is 1.26 bits per heavy atom. The largest absolute Gasteiger partial charge is 0.500 e. The average molecular weight is 984 g/mol. The van der Waals surface area contributed by atoms with Crippen molar-refractivity contribution in [3.05, 3.63) is 212 Å². The topological polar surface area (TPSA) is 61.7 Å². The quantitative estimate of drug-likeness (QED) is 0.161. The molecule has 9 heteroatoms. The van der Waals surface area contributed by atoms with Crippen LogP contribution >= 0.6 is 0 Å². The summed E-state index contributed by atoms with van der Waals surface area (Å²) in [6.45, 7) is 0. The molecule has 0 bridgehead atoms. The fourth-order valence-electron chi connectivity index (χ4n) is 8.25. The summed E-state index contributed by atoms with van der Waals surface area (Å²) in [6, 6.07) is 60.3. The molecule has 0 N–H and O–H groups in total. The van der Waals surface area contributed by atoms with Crippen molar-refractivity contribution in [2.24, 2.45) is 0 Å². The zero-order valence-electron chi connectivity index (χ0n) is 32.6. The SMILES string of the molecule is Fc1cc(-c2ccccc2)cc(F)c1-n1c(-c2[c-]cc(-n3c4ccccc4c4ccccc43)c3c2oc2ccccc23)nc2ccncc21.[Ir].[c-]1ccccc1-c1ccccn1. The normalized spacial score (nSPS) is 11.3. The Kier molecular flexibility index (Phi) is 10.0. The number of hydrogen-bond acceptors (Lipinski definition) is 4. The van der Waals surface area contributed by atoms with Crippen molar-refractivity contribution in [2.75, 3.05) is 0 Å². The van der Waals surface area contributed by atoms with E-state index >= 15 is 8.78 Å². The van der Waals surface area contributed by atoms with E-state index in [1.165, 1.54) is 16.7 Å². The Hall–Kier alpha value is -7.58. The number of para-hydroxylation sites is 3. The van der Waals surface area contributed by atoms with Crippen LogP contribution in [0.4, 0.5) is 8.78 Å². The van der Waals surface area contributed by atoms with E-state index in [0.717, 1.165) is 49.5 Å². The first kappa shape index (κ1) is 38.6. The zero-order chi connectivity index (χ0) is 40.9. The standard InChI is InChI=1S/C42H23F2N4O.C11H8N.Ir/c43-31-22-26(25-10-2-1-3-11-25)23-32(44)40(31)48-37-24-45-21-20-33(37)46-42(48)30-18-19-36(39-29-14-6-9-17-38(29)49-41(30)39)47-34-15-7-4-12-27(34)28-13-5-8-16-35(28)47;1-2-6-10(7-3-1)11-8-4-5-9-12-11;/h1-17,19-24H;1-6,8-9H;/q2*-1;. The number of rotatable bonds is 5. The predicted molar refractivity (Wildman–Crippen MR) is 239 cm³/mol. The maximum atomic E-state index is 16.3. The Morgan fingerprint density at radius 3 is 1.97 bits per heavy atom. The zero-order valence-corrected chi connectivity index (χ0v) is 35.0. The van der Waals surface area contributed by atoms with Crippen LogP contribution in [0.1, 0.15) is 0 Å². The molecule has 0 aliphatic rings. The van der Waals surface area contributed by atoms with Crippen LogP contribution in [0.5, 0.6) is 0 Å². The molecule has 0 saturated carbocycles. The van der Waals surface area contributed by atoms with Gasteiger partial charge in [0.2, 0.25) is 0 Å². The number of imidazole rings is 1. The summed E-state index contributed by atoms with van der Waals surface area (Å²) in [4.78, 5) is 13.4. The van der Waals surface area contributed by atoms with Crippen molar-refractivity contribution >= 4 is 54.8 Å². The molecule has 5 aromatic heterocycles. The van der Waals surface area contributed by atoms with Crippen LogP contribution in [-0.2, 0) is 20.1 Å². The number of hydrogen-bond donors (Lipinski definition) is 0. The van der Waals surface area contributed by atoms with Gasteiger partial charge in [0.1, 0.15) is 22.9 Å². The number of benzene rings is 7. The minimum absolute atomic E-state index is 0. The van der Waals surface area contributed by atoms with E-state index in [0.29, 0.717) is 38.9 Å². The minimum Gasteiger partial charge on any atom is -0.500 e. The van der Waals surface area contributed by atoms with Crippen molar-refractivity contribution in [1.29, 1.82) is 0 Å². The number of furan rings is 1. The maximum absolute atomic E-state index is 16.3. The van der Waals surface area contributed by atoms with Gasteiger partial charge in [-0.3, -0.25) is 9.97 Å². The molecule has 1 radical (unpaired) electrons. The molecule has 12 rings (SSSR count). The van der Waals surface area contributed by atoms with Gasteiger partial charge < -0.3 is 18.5 Å². The molecule has 0 amide bonds. The van der Waals surface area contributed by atoms with Gasteiger partial charge in [0.25, 0.3) is 0 Å². The molecule has 62 heavy (non-hydrogen) atoms. The van der Waals surface area contributed by atoms with Crippen LogP contribution in [0.25, 0.3) is 99.9 Å². The third-order valence-corrected chi connectivity index (χ3v) is 10.9. The van der Waals surface area contributed by atoms with Crippen LogP contribution in [0, 0.1) is 23.8 Å². The van der Waals surface area contributed by atoms with Crippen molar-refractivity contribution in [3.63, 3.8) is 0 Å². The first-order valence-corrected chi connectivity index (χ1v) is 19.7. The van der Waals surface area contributed by atoms with Crippen LogP contribution in [-0.4, -0.2) is 24.1 Å². The molecule has 0 aliphatic heterocycles. The van der Waals surface area contributed by atoms with Crippen molar-refractivity contribution in [1.82, 2.24) is 24.1 Å². The van der Waals surface area contributed by atoms with E-state index < -0.39 is 11.6 Å². The molecule has 12 aromatic rings. The molecule has 299 valence electrons. The van der Waals surface area contributed by atoms with Crippen LogP contribution in [0.15, 0.2) is 193 Å². The fourth-order valence-corrected chi connectivity index (χ4v) is 8.25. The summed E-state index contributed by atoms with van der Waals surface area (Å²) in [7, 11) is 0.